The van der Waals surface area contributed by atoms with Crippen LogP contribution >= 0.6 is 27.3 Å². The Morgan fingerprint density at radius 1 is 1.32 bits per heavy atom. The molecule has 1 aromatic rings. The number of carbonyl (C=O) groups excluding carboxylic acids is 1. The first-order chi connectivity index (χ1) is 11.7. The Bertz CT molecular complexity index is 680. The van der Waals surface area contributed by atoms with Crippen molar-refractivity contribution < 1.29 is 13.2 Å². The molecule has 0 bridgehead atoms. The summed E-state index contributed by atoms with van der Waals surface area (Å²) in [5, 5.41) is 3.01. The summed E-state index contributed by atoms with van der Waals surface area (Å²) in [4.78, 5) is 12.3. The molecule has 2 rings (SSSR count). The zero-order chi connectivity index (χ0) is 18.6. The Labute approximate surface area is 163 Å². The molecule has 0 unspecified atom stereocenters. The molecule has 8 heteroatoms. The Morgan fingerprint density at radius 2 is 1.96 bits per heavy atom. The highest BCUT2D eigenvalue weighted by molar-refractivity contribution is 9.11. The molecule has 1 aliphatic rings. The van der Waals surface area contributed by atoms with Gasteiger partial charge < -0.3 is 5.32 Å². The number of carbonyl (C=O) groups is 1. The minimum absolute atomic E-state index is 0.0760. The van der Waals surface area contributed by atoms with E-state index >= 15 is 0 Å². The van der Waals surface area contributed by atoms with Crippen LogP contribution < -0.4 is 5.32 Å². The summed E-state index contributed by atoms with van der Waals surface area (Å²) >= 11 is 4.55. The number of hydrogen-bond donors (Lipinski definition) is 1. The second-order valence-electron chi connectivity index (χ2n) is 7.06. The maximum atomic E-state index is 12.7. The van der Waals surface area contributed by atoms with Crippen molar-refractivity contribution in [2.45, 2.75) is 44.2 Å². The Kier molecular flexibility index (Phi) is 7.49. The third-order valence-electron chi connectivity index (χ3n) is 4.78. The van der Waals surface area contributed by atoms with Crippen LogP contribution in [0.2, 0.25) is 0 Å². The van der Waals surface area contributed by atoms with Crippen molar-refractivity contribution in [2.24, 2.45) is 17.8 Å². The molecule has 5 nitrogen and oxygen atoms in total. The van der Waals surface area contributed by atoms with Gasteiger partial charge in [0.05, 0.1) is 3.79 Å². The molecule has 0 saturated carbocycles. The van der Waals surface area contributed by atoms with E-state index in [1.165, 1.54) is 11.3 Å². The molecule has 1 aliphatic heterocycles. The fraction of sp³-hybridized carbons (Fsp3) is 0.706. The molecule has 1 fully saturated rings. The molecule has 25 heavy (non-hydrogen) atoms. The smallest absolute Gasteiger partial charge is 0.252 e. The van der Waals surface area contributed by atoms with E-state index in [1.54, 1.807) is 16.4 Å². The van der Waals surface area contributed by atoms with Crippen LogP contribution in [0.5, 0.6) is 0 Å². The highest BCUT2D eigenvalue weighted by Gasteiger charge is 2.33. The van der Waals surface area contributed by atoms with E-state index in [9.17, 15) is 13.2 Å². The largest absolute Gasteiger partial charge is 0.356 e. The minimum atomic E-state index is -3.41. The lowest BCUT2D eigenvalue weighted by Crippen LogP contribution is -2.42. The maximum Gasteiger partial charge on any atom is 0.252 e. The summed E-state index contributed by atoms with van der Waals surface area (Å²) in [6.45, 7) is 7.89. The van der Waals surface area contributed by atoms with Crippen molar-refractivity contribution in [3.05, 3.63) is 15.9 Å². The molecule has 1 atom stereocenters. The predicted octanol–water partition coefficient (Wildman–Crippen LogP) is 3.71. The third-order valence-corrected chi connectivity index (χ3v) is 8.77. The lowest BCUT2D eigenvalue weighted by molar-refractivity contribution is -0.126. The molecule has 1 saturated heterocycles. The molecule has 0 radical (unpaired) electrons. The highest BCUT2D eigenvalue weighted by atomic mass is 79.9. The number of sulfonamides is 1. The van der Waals surface area contributed by atoms with E-state index in [4.69, 9.17) is 0 Å². The summed E-state index contributed by atoms with van der Waals surface area (Å²) in [6.07, 6.45) is 2.43. The SMILES string of the molecule is CC(C)CCNC(=O)[C@@H](C)C1CCN(S(=O)(=O)c2ccc(Br)s2)CC1. The van der Waals surface area contributed by atoms with Crippen LogP contribution in [0, 0.1) is 17.8 Å². The van der Waals surface area contributed by atoms with Crippen LogP contribution in [0.4, 0.5) is 0 Å². The monoisotopic (exact) mass is 450 g/mol. The third kappa shape index (κ3) is 5.52. The van der Waals surface area contributed by atoms with E-state index in [2.05, 4.69) is 35.1 Å². The molecular formula is C17H27BrN2O3S2. The molecule has 1 amide bonds. The zero-order valence-corrected chi connectivity index (χ0v) is 18.2. The molecule has 0 aliphatic carbocycles. The standard InChI is InChI=1S/C17H27BrN2O3S2/c1-12(2)6-9-19-17(21)13(3)14-7-10-20(11-8-14)25(22,23)16-5-4-15(18)24-16/h4-5,12-14H,6-11H2,1-3H3,(H,19,21)/t13-/m0/s1. The number of nitrogens with one attached hydrogen (secondary N) is 1. The average molecular weight is 451 g/mol. The average Bonchev–Trinajstić information content (AvgIpc) is 3.01. The first-order valence-electron chi connectivity index (χ1n) is 8.75. The minimum Gasteiger partial charge on any atom is -0.356 e. The molecular weight excluding hydrogens is 424 g/mol. The van der Waals surface area contributed by atoms with Gasteiger partial charge in [-0.1, -0.05) is 20.8 Å². The Hall–Kier alpha value is -0.440. The van der Waals surface area contributed by atoms with Gasteiger partial charge >= 0.3 is 0 Å². The zero-order valence-electron chi connectivity index (χ0n) is 15.0. The van der Waals surface area contributed by atoms with E-state index in [1.807, 2.05) is 6.92 Å². The highest BCUT2D eigenvalue weighted by Crippen LogP contribution is 2.32. The van der Waals surface area contributed by atoms with Gasteiger partial charge in [0.15, 0.2) is 0 Å². The normalized spacial score (nSPS) is 18.4. The molecule has 0 aromatic carbocycles. The molecule has 0 spiro atoms. The molecule has 1 N–H and O–H groups in total. The topological polar surface area (TPSA) is 66.5 Å². The number of thiophene rings is 1. The number of nitrogens with zero attached hydrogens (tertiary/aromatic N) is 1. The summed E-state index contributed by atoms with van der Waals surface area (Å²) in [5.41, 5.74) is 0. The van der Waals surface area contributed by atoms with Crippen LogP contribution in [0.25, 0.3) is 0 Å². The van der Waals surface area contributed by atoms with Gasteiger partial charge in [-0.2, -0.15) is 4.31 Å². The van der Waals surface area contributed by atoms with Gasteiger partial charge in [-0.3, -0.25) is 4.79 Å². The fourth-order valence-corrected chi connectivity index (χ4v) is 6.67. The second-order valence-corrected chi connectivity index (χ2v) is 11.7. The van der Waals surface area contributed by atoms with E-state index in [-0.39, 0.29) is 17.7 Å². The van der Waals surface area contributed by atoms with Crippen LogP contribution in [-0.4, -0.2) is 38.3 Å². The quantitative estimate of drug-likeness (QED) is 0.688. The summed E-state index contributed by atoms with van der Waals surface area (Å²) < 4.78 is 28.0. The van der Waals surface area contributed by atoms with Gasteiger partial charge in [-0.25, -0.2) is 8.42 Å². The lowest BCUT2D eigenvalue weighted by Gasteiger charge is -2.33. The summed E-state index contributed by atoms with van der Waals surface area (Å²) in [5.74, 6) is 0.818. The number of amides is 1. The number of piperidine rings is 1. The van der Waals surface area contributed by atoms with Crippen molar-refractivity contribution >= 4 is 43.2 Å². The van der Waals surface area contributed by atoms with E-state index in [0.29, 0.717) is 29.8 Å². The van der Waals surface area contributed by atoms with Gasteiger partial charge in [0.1, 0.15) is 4.21 Å². The van der Waals surface area contributed by atoms with Crippen molar-refractivity contribution in [1.82, 2.24) is 9.62 Å². The van der Waals surface area contributed by atoms with Gasteiger partial charge in [-0.05, 0) is 59.2 Å². The van der Waals surface area contributed by atoms with Gasteiger partial charge in [0, 0.05) is 25.6 Å². The van der Waals surface area contributed by atoms with Crippen LogP contribution in [-0.2, 0) is 14.8 Å². The Balaban J connectivity index is 1.87. The maximum absolute atomic E-state index is 12.7. The van der Waals surface area contributed by atoms with Crippen molar-refractivity contribution in [1.29, 1.82) is 0 Å². The predicted molar refractivity (Wildman–Crippen MR) is 105 cm³/mol. The van der Waals surface area contributed by atoms with Crippen LogP contribution in [0.1, 0.15) is 40.0 Å². The van der Waals surface area contributed by atoms with Gasteiger partial charge in [0.25, 0.3) is 10.0 Å². The fourth-order valence-electron chi connectivity index (χ4n) is 3.04. The molecule has 142 valence electrons. The van der Waals surface area contributed by atoms with E-state index < -0.39 is 10.0 Å². The van der Waals surface area contributed by atoms with Crippen molar-refractivity contribution in [3.63, 3.8) is 0 Å². The number of halogens is 1. The van der Waals surface area contributed by atoms with Crippen LogP contribution in [0.3, 0.4) is 0 Å². The second kappa shape index (κ2) is 8.97. The van der Waals surface area contributed by atoms with Crippen molar-refractivity contribution in [3.8, 4) is 0 Å². The number of hydrogen-bond acceptors (Lipinski definition) is 4. The van der Waals surface area contributed by atoms with E-state index in [0.717, 1.165) is 23.0 Å². The van der Waals surface area contributed by atoms with Gasteiger partial charge in [0.2, 0.25) is 5.91 Å². The van der Waals surface area contributed by atoms with Crippen molar-refractivity contribution in [2.75, 3.05) is 19.6 Å². The molecule has 2 heterocycles. The first kappa shape index (κ1) is 20.9. The summed E-state index contributed by atoms with van der Waals surface area (Å²) in [7, 11) is -3.41. The van der Waals surface area contributed by atoms with Gasteiger partial charge in [-0.15, -0.1) is 11.3 Å². The molecule has 1 aromatic heterocycles. The Morgan fingerprint density at radius 3 is 2.48 bits per heavy atom. The lowest BCUT2D eigenvalue weighted by atomic mass is 9.85. The summed E-state index contributed by atoms with van der Waals surface area (Å²) in [6, 6.07) is 3.40. The van der Waals surface area contributed by atoms with Crippen LogP contribution in [0.15, 0.2) is 20.1 Å². The number of rotatable bonds is 7. The first-order valence-corrected chi connectivity index (χ1v) is 11.8.